The first kappa shape index (κ1) is 35.3. The van der Waals surface area contributed by atoms with Crippen molar-refractivity contribution in [1.82, 2.24) is 15.3 Å². The van der Waals surface area contributed by atoms with Crippen LogP contribution in [-0.2, 0) is 16.0 Å². The second-order valence-electron chi connectivity index (χ2n) is 12.5. The van der Waals surface area contributed by atoms with Crippen LogP contribution in [0.4, 0.5) is 10.6 Å². The molecule has 0 radical (unpaired) electrons. The highest BCUT2D eigenvalue weighted by Gasteiger charge is 2.25. The third-order valence-corrected chi connectivity index (χ3v) is 8.44. The van der Waals surface area contributed by atoms with Crippen LogP contribution in [-0.4, -0.2) is 53.4 Å². The lowest BCUT2D eigenvalue weighted by Gasteiger charge is -2.16. The lowest BCUT2D eigenvalue weighted by Crippen LogP contribution is -2.31. The Labute approximate surface area is 288 Å². The molecule has 2 heterocycles. The third kappa shape index (κ3) is 10.2. The van der Waals surface area contributed by atoms with E-state index in [1.54, 1.807) is 13.0 Å². The van der Waals surface area contributed by atoms with E-state index in [1.165, 1.54) is 24.0 Å². The highest BCUT2D eigenvalue weighted by molar-refractivity contribution is 6.06. The lowest BCUT2D eigenvalue weighted by atomic mass is 9.98. The number of amides is 1. The van der Waals surface area contributed by atoms with Crippen molar-refractivity contribution in [1.29, 1.82) is 5.41 Å². The Morgan fingerprint density at radius 2 is 1.78 bits per heavy atom. The molecule has 0 unspecified atom stereocenters. The fourth-order valence-corrected chi connectivity index (χ4v) is 5.64. The van der Waals surface area contributed by atoms with E-state index in [2.05, 4.69) is 57.9 Å². The van der Waals surface area contributed by atoms with Gasteiger partial charge in [0.15, 0.2) is 0 Å². The smallest absolute Gasteiger partial charge is 0.412 e. The number of esters is 1. The highest BCUT2D eigenvalue weighted by Crippen LogP contribution is 2.39. The van der Waals surface area contributed by atoms with Crippen LogP contribution in [0.25, 0.3) is 0 Å². The molecule has 0 spiro atoms. The first-order valence-corrected chi connectivity index (χ1v) is 17.2. The number of amidine groups is 1. The average molecular weight is 667 g/mol. The molecule has 2 aliphatic carbocycles. The number of alkyl carbamates (subject to hydrolysis) is 1. The molecule has 5 rings (SSSR count). The molecule has 1 amide bonds. The molecule has 1 aromatic carbocycles. The van der Waals surface area contributed by atoms with Gasteiger partial charge in [-0.3, -0.25) is 15.7 Å². The van der Waals surface area contributed by atoms with Crippen LogP contribution < -0.4 is 15.4 Å². The summed E-state index contributed by atoms with van der Waals surface area (Å²) in [5.41, 5.74) is 7.64. The number of ether oxygens (including phenoxy) is 3. The van der Waals surface area contributed by atoms with Crippen LogP contribution in [0.5, 0.6) is 5.88 Å². The number of anilines is 1. The zero-order valence-corrected chi connectivity index (χ0v) is 28.9. The van der Waals surface area contributed by atoms with Gasteiger partial charge in [-0.05, 0) is 104 Å². The van der Waals surface area contributed by atoms with Crippen molar-refractivity contribution in [2.24, 2.45) is 10.9 Å². The minimum absolute atomic E-state index is 0.0270. The van der Waals surface area contributed by atoms with Gasteiger partial charge in [0.1, 0.15) is 18.3 Å². The van der Waals surface area contributed by atoms with E-state index in [-0.39, 0.29) is 30.8 Å². The maximum Gasteiger partial charge on any atom is 0.412 e. The van der Waals surface area contributed by atoms with Crippen LogP contribution in [0.3, 0.4) is 0 Å². The summed E-state index contributed by atoms with van der Waals surface area (Å²) in [6.45, 7) is 8.80. The predicted molar refractivity (Wildman–Crippen MR) is 190 cm³/mol. The van der Waals surface area contributed by atoms with Gasteiger partial charge in [0.2, 0.25) is 11.7 Å². The van der Waals surface area contributed by atoms with E-state index >= 15 is 0 Å². The van der Waals surface area contributed by atoms with Crippen LogP contribution in [0, 0.1) is 25.2 Å². The summed E-state index contributed by atoms with van der Waals surface area (Å²) >= 11 is 0. The van der Waals surface area contributed by atoms with Crippen molar-refractivity contribution < 1.29 is 23.8 Å². The van der Waals surface area contributed by atoms with E-state index in [0.29, 0.717) is 30.5 Å². The van der Waals surface area contributed by atoms with E-state index in [9.17, 15) is 9.59 Å². The first-order chi connectivity index (χ1) is 23.7. The number of unbranched alkanes of at least 4 members (excludes halogenated alkanes) is 3. The molecule has 49 heavy (non-hydrogen) atoms. The summed E-state index contributed by atoms with van der Waals surface area (Å²) in [6.07, 6.45) is 17.3. The molecule has 0 saturated heterocycles. The molecule has 3 aliphatic rings. The van der Waals surface area contributed by atoms with E-state index in [0.717, 1.165) is 60.2 Å². The normalized spacial score (nSPS) is 15.1. The molecule has 2 bridgehead atoms. The molecule has 1 fully saturated rings. The molecule has 2 aromatic rings. The highest BCUT2D eigenvalue weighted by atomic mass is 16.5. The van der Waals surface area contributed by atoms with Gasteiger partial charge < -0.3 is 19.5 Å². The topological polar surface area (TPSA) is 148 Å². The molecule has 1 aliphatic heterocycles. The lowest BCUT2D eigenvalue weighted by molar-refractivity contribution is 0.0510. The zero-order chi connectivity index (χ0) is 34.8. The average Bonchev–Trinajstić information content (AvgIpc) is 3.95. The van der Waals surface area contributed by atoms with Gasteiger partial charge in [-0.2, -0.15) is 4.98 Å². The number of aliphatic imine (C=N–C) groups is 1. The fraction of sp³-hybridized carbons (Fsp3) is 0.421. The molecular formula is C38H46N6O5. The second-order valence-corrected chi connectivity index (χ2v) is 12.5. The van der Waals surface area contributed by atoms with Crippen molar-refractivity contribution in [2.75, 3.05) is 25.1 Å². The fourth-order valence-electron chi connectivity index (χ4n) is 5.64. The SMILES string of the molecule is CCCCCCOC(=O)NC(=N)c1cc(C)c(CNc2cc(OCC3=CCC4=CC(=N3)C=CC(C3CC3)=C4)nc(C(=O)OCC)n2)c(C)c1. The third-order valence-electron chi connectivity index (χ3n) is 8.44. The van der Waals surface area contributed by atoms with Gasteiger partial charge in [-0.25, -0.2) is 14.6 Å². The molecule has 3 N–H and O–H groups in total. The first-order valence-electron chi connectivity index (χ1n) is 17.2. The number of nitrogens with one attached hydrogen (secondary N) is 3. The maximum atomic E-state index is 12.7. The number of aryl methyl sites for hydroxylation is 2. The summed E-state index contributed by atoms with van der Waals surface area (Å²) in [5, 5.41) is 14.2. The number of allylic oxidation sites excluding steroid dienone is 7. The predicted octanol–water partition coefficient (Wildman–Crippen LogP) is 7.45. The van der Waals surface area contributed by atoms with Crippen LogP contribution >= 0.6 is 0 Å². The van der Waals surface area contributed by atoms with Crippen molar-refractivity contribution >= 4 is 29.4 Å². The largest absolute Gasteiger partial charge is 0.471 e. The molecule has 258 valence electrons. The van der Waals surface area contributed by atoms with Crippen LogP contribution in [0.15, 0.2) is 70.4 Å². The Morgan fingerprint density at radius 1 is 0.980 bits per heavy atom. The summed E-state index contributed by atoms with van der Waals surface area (Å²) in [7, 11) is 0. The van der Waals surface area contributed by atoms with Crippen LogP contribution in [0.1, 0.15) is 91.7 Å². The van der Waals surface area contributed by atoms with Gasteiger partial charge in [0.25, 0.3) is 0 Å². The summed E-state index contributed by atoms with van der Waals surface area (Å²) < 4.78 is 16.5. The maximum absolute atomic E-state index is 12.7. The van der Waals surface area contributed by atoms with Crippen molar-refractivity contribution in [2.45, 2.75) is 79.2 Å². The van der Waals surface area contributed by atoms with Gasteiger partial charge in [0.05, 0.1) is 24.6 Å². The number of hydrogen-bond donors (Lipinski definition) is 3. The molecule has 11 nitrogen and oxygen atoms in total. The van der Waals surface area contributed by atoms with Gasteiger partial charge in [-0.1, -0.05) is 44.4 Å². The van der Waals surface area contributed by atoms with Gasteiger partial charge >= 0.3 is 12.1 Å². The zero-order valence-electron chi connectivity index (χ0n) is 28.9. The van der Waals surface area contributed by atoms with Gasteiger partial charge in [0, 0.05) is 18.2 Å². The quantitative estimate of drug-likeness (QED) is 0.0768. The van der Waals surface area contributed by atoms with E-state index in [4.69, 9.17) is 24.6 Å². The Balaban J connectivity index is 1.23. The van der Waals surface area contributed by atoms with Crippen molar-refractivity contribution in [3.8, 4) is 5.88 Å². The number of rotatable bonds is 15. The number of nitrogens with zero attached hydrogens (tertiary/aromatic N) is 3. The van der Waals surface area contributed by atoms with E-state index in [1.807, 2.05) is 26.0 Å². The van der Waals surface area contributed by atoms with Gasteiger partial charge in [-0.15, -0.1) is 0 Å². The Bertz CT molecular complexity index is 1710. The molecule has 0 atom stereocenters. The minimum Gasteiger partial charge on any atom is -0.471 e. The summed E-state index contributed by atoms with van der Waals surface area (Å²) in [6, 6.07) is 5.34. The number of aromatic nitrogens is 2. The monoisotopic (exact) mass is 666 g/mol. The van der Waals surface area contributed by atoms with E-state index < -0.39 is 12.1 Å². The number of benzene rings is 1. The Hall–Kier alpha value is -5.06. The number of carbonyl (C=O) groups excluding carboxylic acids is 2. The number of hydrogen-bond acceptors (Lipinski definition) is 10. The van der Waals surface area contributed by atoms with Crippen molar-refractivity contribution in [3.05, 3.63) is 93.5 Å². The molecule has 1 saturated carbocycles. The van der Waals surface area contributed by atoms with Crippen molar-refractivity contribution in [3.63, 3.8) is 0 Å². The summed E-state index contributed by atoms with van der Waals surface area (Å²) in [5.74, 6) is 0.498. The second kappa shape index (κ2) is 16.9. The van der Waals surface area contributed by atoms with Crippen LogP contribution in [0.2, 0.25) is 0 Å². The molecular weight excluding hydrogens is 620 g/mol. The standard InChI is InChI=1S/C38H46N6O5/c1-5-7-8-9-16-48-38(46)44-35(39)29-17-24(3)32(25(4)18-29)22-40-33-21-34(43-36(42-33)37(45)47-6-2)49-23-31-14-10-26-19-28(27-11-12-27)13-15-30(20-26)41-31/h13-15,17-21,27H,5-12,16,22-23H2,1-4H3,(H2,39,44,46)(H,40,42,43). The number of carbonyl (C=O) groups is 2. The molecule has 1 aromatic heterocycles. The minimum atomic E-state index is -0.647. The summed E-state index contributed by atoms with van der Waals surface area (Å²) in [4.78, 5) is 38.4. The Morgan fingerprint density at radius 3 is 2.51 bits per heavy atom. The number of fused-ring (bicyclic) bond motifs is 1. The Kier molecular flexibility index (Phi) is 12.1. The molecule has 11 heteroatoms.